The lowest BCUT2D eigenvalue weighted by Gasteiger charge is -2.16. The van der Waals surface area contributed by atoms with E-state index < -0.39 is 0 Å². The molecule has 0 spiro atoms. The lowest BCUT2D eigenvalue weighted by atomic mass is 10.0. The molecule has 20 heavy (non-hydrogen) atoms. The quantitative estimate of drug-likeness (QED) is 0.878. The smallest absolute Gasteiger partial charge is 0.0766 e. The number of aromatic nitrogens is 2. The number of aryl methyl sites for hydroxylation is 2. The molecule has 1 aromatic carbocycles. The van der Waals surface area contributed by atoms with Gasteiger partial charge in [0, 0.05) is 19.5 Å². The van der Waals surface area contributed by atoms with Crippen LogP contribution in [-0.2, 0) is 26.3 Å². The zero-order valence-electron chi connectivity index (χ0n) is 12.4. The number of halogens is 1. The van der Waals surface area contributed by atoms with Gasteiger partial charge in [-0.15, -0.1) is 0 Å². The third-order valence-electron chi connectivity index (χ3n) is 3.68. The van der Waals surface area contributed by atoms with Gasteiger partial charge in [0.15, 0.2) is 0 Å². The number of likely N-dealkylation sites (N-methyl/N-ethyl adjacent to an activating group) is 1. The second-order valence-corrected chi connectivity index (χ2v) is 5.86. The molecular formula is C16H22BrN3. The van der Waals surface area contributed by atoms with E-state index >= 15 is 0 Å². The maximum absolute atomic E-state index is 4.57. The Morgan fingerprint density at radius 3 is 2.50 bits per heavy atom. The highest BCUT2D eigenvalue weighted by Crippen LogP contribution is 2.23. The lowest BCUT2D eigenvalue weighted by Crippen LogP contribution is -2.30. The highest BCUT2D eigenvalue weighted by molar-refractivity contribution is 9.10. The fraction of sp³-hybridized carbons (Fsp3) is 0.438. The van der Waals surface area contributed by atoms with Crippen LogP contribution in [0.2, 0.25) is 0 Å². The highest BCUT2D eigenvalue weighted by atomic mass is 79.9. The van der Waals surface area contributed by atoms with E-state index in [9.17, 15) is 0 Å². The van der Waals surface area contributed by atoms with E-state index in [1.165, 1.54) is 11.3 Å². The van der Waals surface area contributed by atoms with Crippen LogP contribution in [0.3, 0.4) is 0 Å². The van der Waals surface area contributed by atoms with Crippen molar-refractivity contribution < 1.29 is 0 Å². The second kappa shape index (κ2) is 7.04. The van der Waals surface area contributed by atoms with Crippen molar-refractivity contribution in [1.82, 2.24) is 15.1 Å². The van der Waals surface area contributed by atoms with Crippen molar-refractivity contribution in [2.75, 3.05) is 7.05 Å². The average molecular weight is 336 g/mol. The Hall–Kier alpha value is -1.13. The molecule has 4 heteroatoms. The molecule has 3 nitrogen and oxygen atoms in total. The molecule has 0 bridgehead atoms. The van der Waals surface area contributed by atoms with E-state index in [-0.39, 0.29) is 0 Å². The van der Waals surface area contributed by atoms with Crippen molar-refractivity contribution in [3.63, 3.8) is 0 Å². The van der Waals surface area contributed by atoms with Gasteiger partial charge >= 0.3 is 0 Å². The number of hydrogen-bond donors (Lipinski definition) is 1. The van der Waals surface area contributed by atoms with Crippen LogP contribution >= 0.6 is 15.9 Å². The predicted octanol–water partition coefficient (Wildman–Crippen LogP) is 3.12. The van der Waals surface area contributed by atoms with Crippen LogP contribution < -0.4 is 5.32 Å². The van der Waals surface area contributed by atoms with Crippen molar-refractivity contribution in [3.05, 3.63) is 51.8 Å². The topological polar surface area (TPSA) is 29.9 Å². The number of benzene rings is 1. The molecule has 1 atom stereocenters. The fourth-order valence-corrected chi connectivity index (χ4v) is 3.23. The summed E-state index contributed by atoms with van der Waals surface area (Å²) in [5.41, 5.74) is 3.76. The van der Waals surface area contributed by atoms with Crippen LogP contribution in [0.1, 0.15) is 23.9 Å². The number of nitrogens with one attached hydrogen (secondary N) is 1. The van der Waals surface area contributed by atoms with Crippen LogP contribution in [0.5, 0.6) is 0 Å². The molecule has 1 heterocycles. The number of nitrogens with zero attached hydrogens (tertiary/aromatic N) is 2. The summed E-state index contributed by atoms with van der Waals surface area (Å²) in [5.74, 6) is 0. The molecule has 108 valence electrons. The normalized spacial score (nSPS) is 12.6. The van der Waals surface area contributed by atoms with Crippen LogP contribution in [0.4, 0.5) is 0 Å². The van der Waals surface area contributed by atoms with Crippen LogP contribution in [0, 0.1) is 0 Å². The van der Waals surface area contributed by atoms with Gasteiger partial charge in [-0.1, -0.05) is 37.3 Å². The Morgan fingerprint density at radius 1 is 1.25 bits per heavy atom. The Bertz CT molecular complexity index is 548. The van der Waals surface area contributed by atoms with Gasteiger partial charge in [-0.05, 0) is 41.4 Å². The van der Waals surface area contributed by atoms with Gasteiger partial charge in [0.05, 0.1) is 15.9 Å². The molecule has 0 aliphatic carbocycles. The molecule has 2 rings (SSSR count). The summed E-state index contributed by atoms with van der Waals surface area (Å²) >= 11 is 3.69. The first kappa shape index (κ1) is 15.3. The molecule has 0 aliphatic rings. The Balaban J connectivity index is 2.12. The van der Waals surface area contributed by atoms with Crippen LogP contribution in [0.15, 0.2) is 34.8 Å². The summed E-state index contributed by atoms with van der Waals surface area (Å²) in [4.78, 5) is 0. The van der Waals surface area contributed by atoms with Crippen LogP contribution in [-0.4, -0.2) is 22.9 Å². The van der Waals surface area contributed by atoms with E-state index in [0.29, 0.717) is 6.04 Å². The minimum absolute atomic E-state index is 0.411. The summed E-state index contributed by atoms with van der Waals surface area (Å²) in [6.07, 6.45) is 2.95. The average Bonchev–Trinajstić information content (AvgIpc) is 2.74. The van der Waals surface area contributed by atoms with Gasteiger partial charge < -0.3 is 5.32 Å². The zero-order valence-corrected chi connectivity index (χ0v) is 13.9. The number of hydrogen-bond acceptors (Lipinski definition) is 2. The molecular weight excluding hydrogens is 314 g/mol. The molecule has 1 aromatic heterocycles. The van der Waals surface area contributed by atoms with E-state index in [2.05, 4.69) is 63.6 Å². The summed E-state index contributed by atoms with van der Waals surface area (Å²) in [7, 11) is 4.05. The van der Waals surface area contributed by atoms with E-state index in [1.54, 1.807) is 0 Å². The maximum Gasteiger partial charge on any atom is 0.0766 e. The van der Waals surface area contributed by atoms with Gasteiger partial charge in [-0.2, -0.15) is 5.10 Å². The maximum atomic E-state index is 4.57. The largest absolute Gasteiger partial charge is 0.316 e. The molecule has 1 N–H and O–H groups in total. The van der Waals surface area contributed by atoms with Gasteiger partial charge in [0.1, 0.15) is 0 Å². The molecule has 0 radical (unpaired) electrons. The zero-order chi connectivity index (χ0) is 14.5. The van der Waals surface area contributed by atoms with E-state index in [0.717, 1.165) is 29.4 Å². The lowest BCUT2D eigenvalue weighted by molar-refractivity contribution is 0.532. The fourth-order valence-electron chi connectivity index (χ4n) is 2.45. The summed E-state index contributed by atoms with van der Waals surface area (Å²) < 4.78 is 3.16. The van der Waals surface area contributed by atoms with Crippen molar-refractivity contribution in [1.29, 1.82) is 0 Å². The minimum atomic E-state index is 0.411. The summed E-state index contributed by atoms with van der Waals surface area (Å²) in [6, 6.07) is 11.0. The molecule has 0 fully saturated rings. The Kier molecular flexibility index (Phi) is 5.38. The molecule has 0 amide bonds. The monoisotopic (exact) mass is 335 g/mol. The SMILES string of the molecule is CCc1nn(C)c(CC(Cc2ccccc2)NC)c1Br. The third-order valence-corrected chi connectivity index (χ3v) is 4.59. The van der Waals surface area contributed by atoms with Crippen molar-refractivity contribution in [3.8, 4) is 0 Å². The van der Waals surface area contributed by atoms with Gasteiger partial charge in [-0.25, -0.2) is 0 Å². The highest BCUT2D eigenvalue weighted by Gasteiger charge is 2.17. The molecule has 0 saturated heterocycles. The third kappa shape index (κ3) is 3.49. The van der Waals surface area contributed by atoms with Crippen molar-refractivity contribution >= 4 is 15.9 Å². The van der Waals surface area contributed by atoms with E-state index in [4.69, 9.17) is 0 Å². The van der Waals surface area contributed by atoms with Gasteiger partial charge in [0.2, 0.25) is 0 Å². The summed E-state index contributed by atoms with van der Waals surface area (Å²) in [6.45, 7) is 2.14. The molecule has 0 aliphatic heterocycles. The van der Waals surface area contributed by atoms with Crippen molar-refractivity contribution in [2.24, 2.45) is 7.05 Å². The Morgan fingerprint density at radius 2 is 1.95 bits per heavy atom. The van der Waals surface area contributed by atoms with Crippen LogP contribution in [0.25, 0.3) is 0 Å². The molecule has 0 saturated carbocycles. The predicted molar refractivity (Wildman–Crippen MR) is 87.0 cm³/mol. The molecule has 2 aromatic rings. The molecule has 1 unspecified atom stereocenters. The Labute approximate surface area is 129 Å². The van der Waals surface area contributed by atoms with Crippen molar-refractivity contribution in [2.45, 2.75) is 32.2 Å². The first-order valence-corrected chi connectivity index (χ1v) is 7.86. The number of rotatable bonds is 6. The van der Waals surface area contributed by atoms with Gasteiger partial charge in [0.25, 0.3) is 0 Å². The van der Waals surface area contributed by atoms with Gasteiger partial charge in [-0.3, -0.25) is 4.68 Å². The first-order valence-electron chi connectivity index (χ1n) is 7.07. The minimum Gasteiger partial charge on any atom is -0.316 e. The summed E-state index contributed by atoms with van der Waals surface area (Å²) in [5, 5.41) is 7.98. The first-order chi connectivity index (χ1) is 9.65. The second-order valence-electron chi connectivity index (χ2n) is 5.06. The standard InChI is InChI=1S/C16H22BrN3/c1-4-14-16(17)15(20(3)19-14)11-13(18-2)10-12-8-6-5-7-9-12/h5-9,13,18H,4,10-11H2,1-3H3. The van der Waals surface area contributed by atoms with E-state index in [1.807, 2.05) is 18.8 Å².